The summed E-state index contributed by atoms with van der Waals surface area (Å²) in [6.07, 6.45) is 0.992. The molecule has 10 heteroatoms. The van der Waals surface area contributed by atoms with Crippen molar-refractivity contribution >= 4 is 21.9 Å². The lowest BCUT2D eigenvalue weighted by Crippen LogP contribution is -2.34. The fourth-order valence-corrected chi connectivity index (χ4v) is 1.46. The fraction of sp³-hybridized carbons (Fsp3) is 0.375. The van der Waals surface area contributed by atoms with E-state index in [1.165, 1.54) is 0 Å². The third kappa shape index (κ3) is 4.51. The second kappa shape index (κ2) is 5.60. The van der Waals surface area contributed by atoms with E-state index in [1.807, 2.05) is 0 Å². The Balaban J connectivity index is 2.43. The van der Waals surface area contributed by atoms with Gasteiger partial charge in [-0.1, -0.05) is 5.16 Å². The highest BCUT2D eigenvalue weighted by Gasteiger charge is 2.16. The summed E-state index contributed by atoms with van der Waals surface area (Å²) in [6.45, 7) is 0.0649. The molecule has 0 unspecified atom stereocenters. The third-order valence-corrected chi connectivity index (χ3v) is 2.46. The average molecular weight is 277 g/mol. The number of carbonyl (C=O) groups is 2. The standard InChI is InChI=1S/C8H11N3O6S/c1-18(15,16)10-3-2-9-7(12)5-4-6(8(13)14)17-11-5/h4,10H,2-3H2,1H3,(H,9,12)(H,13,14). The van der Waals surface area contributed by atoms with Crippen LogP contribution in [0.2, 0.25) is 0 Å². The van der Waals surface area contributed by atoms with Crippen molar-refractivity contribution in [2.75, 3.05) is 19.3 Å². The number of sulfonamides is 1. The van der Waals surface area contributed by atoms with Crippen molar-refractivity contribution in [2.45, 2.75) is 0 Å². The van der Waals surface area contributed by atoms with E-state index in [9.17, 15) is 18.0 Å². The maximum atomic E-state index is 11.4. The highest BCUT2D eigenvalue weighted by molar-refractivity contribution is 7.88. The molecule has 0 bridgehead atoms. The smallest absolute Gasteiger partial charge is 0.374 e. The number of carbonyl (C=O) groups excluding carboxylic acids is 1. The maximum Gasteiger partial charge on any atom is 0.374 e. The van der Waals surface area contributed by atoms with Crippen LogP contribution in [-0.4, -0.2) is 49.9 Å². The number of carboxylic acids is 1. The van der Waals surface area contributed by atoms with Gasteiger partial charge in [0.1, 0.15) is 0 Å². The first kappa shape index (κ1) is 14.1. The van der Waals surface area contributed by atoms with Crippen LogP contribution >= 0.6 is 0 Å². The van der Waals surface area contributed by atoms with Crippen molar-refractivity contribution in [3.63, 3.8) is 0 Å². The topological polar surface area (TPSA) is 139 Å². The van der Waals surface area contributed by atoms with Crippen molar-refractivity contribution in [2.24, 2.45) is 0 Å². The lowest BCUT2D eigenvalue weighted by atomic mass is 10.3. The molecule has 0 aliphatic heterocycles. The molecule has 0 fully saturated rings. The molecule has 18 heavy (non-hydrogen) atoms. The molecule has 0 radical (unpaired) electrons. The predicted molar refractivity (Wildman–Crippen MR) is 58.6 cm³/mol. The minimum Gasteiger partial charge on any atom is -0.475 e. The van der Waals surface area contributed by atoms with E-state index in [0.29, 0.717) is 0 Å². The molecule has 9 nitrogen and oxygen atoms in total. The van der Waals surface area contributed by atoms with Gasteiger partial charge in [0.05, 0.1) is 6.26 Å². The third-order valence-electron chi connectivity index (χ3n) is 1.73. The van der Waals surface area contributed by atoms with Crippen LogP contribution in [-0.2, 0) is 10.0 Å². The number of nitrogens with zero attached hydrogens (tertiary/aromatic N) is 1. The van der Waals surface area contributed by atoms with Crippen molar-refractivity contribution < 1.29 is 27.6 Å². The summed E-state index contributed by atoms with van der Waals surface area (Å²) in [5, 5.41) is 14.1. The number of amides is 1. The van der Waals surface area contributed by atoms with Gasteiger partial charge < -0.3 is 14.9 Å². The maximum absolute atomic E-state index is 11.4. The summed E-state index contributed by atoms with van der Waals surface area (Å²) in [5.41, 5.74) is -0.188. The number of hydrogen-bond acceptors (Lipinski definition) is 6. The van der Waals surface area contributed by atoms with E-state index in [-0.39, 0.29) is 18.8 Å². The van der Waals surface area contributed by atoms with Gasteiger partial charge in [-0.3, -0.25) is 4.79 Å². The van der Waals surface area contributed by atoms with Crippen LogP contribution in [0.15, 0.2) is 10.6 Å². The van der Waals surface area contributed by atoms with Crippen molar-refractivity contribution in [3.05, 3.63) is 17.5 Å². The molecular weight excluding hydrogens is 266 g/mol. The Morgan fingerprint density at radius 1 is 1.44 bits per heavy atom. The van der Waals surface area contributed by atoms with Gasteiger partial charge in [-0.15, -0.1) is 0 Å². The Hall–Kier alpha value is -1.94. The molecular formula is C8H11N3O6S. The summed E-state index contributed by atoms with van der Waals surface area (Å²) >= 11 is 0. The monoisotopic (exact) mass is 277 g/mol. The van der Waals surface area contributed by atoms with Crippen molar-refractivity contribution in [1.82, 2.24) is 15.2 Å². The van der Waals surface area contributed by atoms with Gasteiger partial charge in [-0.05, 0) is 0 Å². The van der Waals surface area contributed by atoms with Crippen LogP contribution in [0.3, 0.4) is 0 Å². The van der Waals surface area contributed by atoms with Gasteiger partial charge in [-0.25, -0.2) is 17.9 Å². The van der Waals surface area contributed by atoms with E-state index in [2.05, 4.69) is 19.7 Å². The highest BCUT2D eigenvalue weighted by Crippen LogP contribution is 2.02. The van der Waals surface area contributed by atoms with Crippen LogP contribution < -0.4 is 10.0 Å². The van der Waals surface area contributed by atoms with Crippen molar-refractivity contribution in [1.29, 1.82) is 0 Å². The molecule has 0 saturated carbocycles. The summed E-state index contributed by atoms with van der Waals surface area (Å²) in [6, 6.07) is 0.974. The molecule has 1 heterocycles. The molecule has 0 saturated heterocycles. The summed E-state index contributed by atoms with van der Waals surface area (Å²) in [7, 11) is -3.31. The summed E-state index contributed by atoms with van der Waals surface area (Å²) in [5.74, 6) is -2.43. The van der Waals surface area contributed by atoms with Gasteiger partial charge in [0, 0.05) is 19.2 Å². The summed E-state index contributed by atoms with van der Waals surface area (Å²) < 4.78 is 28.0. The van der Waals surface area contributed by atoms with E-state index in [0.717, 1.165) is 12.3 Å². The number of rotatable bonds is 6. The molecule has 1 rings (SSSR count). The van der Waals surface area contributed by atoms with Gasteiger partial charge in [0.15, 0.2) is 5.69 Å². The van der Waals surface area contributed by atoms with Gasteiger partial charge in [0.2, 0.25) is 15.8 Å². The molecule has 3 N–H and O–H groups in total. The Morgan fingerprint density at radius 3 is 2.61 bits per heavy atom. The van der Waals surface area contributed by atoms with Crippen LogP contribution in [0.4, 0.5) is 0 Å². The number of aromatic nitrogens is 1. The van der Waals surface area contributed by atoms with Crippen LogP contribution in [0.25, 0.3) is 0 Å². The van der Waals surface area contributed by atoms with Gasteiger partial charge in [0.25, 0.3) is 5.91 Å². The average Bonchev–Trinajstić information content (AvgIpc) is 2.72. The molecule has 1 aromatic heterocycles. The zero-order chi connectivity index (χ0) is 13.8. The molecule has 1 amide bonds. The molecule has 0 spiro atoms. The van der Waals surface area contributed by atoms with Gasteiger partial charge in [-0.2, -0.15) is 0 Å². The van der Waals surface area contributed by atoms with E-state index < -0.39 is 27.7 Å². The SMILES string of the molecule is CS(=O)(=O)NCCNC(=O)c1cc(C(=O)O)on1. The normalized spacial score (nSPS) is 11.2. The zero-order valence-electron chi connectivity index (χ0n) is 9.34. The molecule has 0 aromatic carbocycles. The highest BCUT2D eigenvalue weighted by atomic mass is 32.2. The second-order valence-corrected chi connectivity index (χ2v) is 5.14. The molecule has 0 aliphatic carbocycles. The number of carboxylic acid groups (broad SMARTS) is 1. The van der Waals surface area contributed by atoms with Crippen LogP contribution in [0, 0.1) is 0 Å². The van der Waals surface area contributed by atoms with Crippen LogP contribution in [0.1, 0.15) is 21.0 Å². The number of nitrogens with one attached hydrogen (secondary N) is 2. The lowest BCUT2D eigenvalue weighted by molar-refractivity contribution is 0.0651. The number of aromatic carboxylic acids is 1. The van der Waals surface area contributed by atoms with E-state index in [4.69, 9.17) is 5.11 Å². The Bertz CT molecular complexity index is 549. The summed E-state index contributed by atoms with van der Waals surface area (Å²) in [4.78, 5) is 21.9. The largest absolute Gasteiger partial charge is 0.475 e. The van der Waals surface area contributed by atoms with Crippen LogP contribution in [0.5, 0.6) is 0 Å². The first-order valence-electron chi connectivity index (χ1n) is 4.72. The first-order valence-corrected chi connectivity index (χ1v) is 6.61. The molecule has 1 aromatic rings. The second-order valence-electron chi connectivity index (χ2n) is 3.30. The Labute approximate surface area is 102 Å². The first-order chi connectivity index (χ1) is 8.29. The van der Waals surface area contributed by atoms with E-state index in [1.54, 1.807) is 0 Å². The minimum atomic E-state index is -3.31. The lowest BCUT2D eigenvalue weighted by Gasteiger charge is -2.03. The Kier molecular flexibility index (Phi) is 4.39. The molecule has 100 valence electrons. The fourth-order valence-electron chi connectivity index (χ4n) is 0.986. The van der Waals surface area contributed by atoms with Gasteiger partial charge >= 0.3 is 5.97 Å². The Morgan fingerprint density at radius 2 is 2.11 bits per heavy atom. The predicted octanol–water partition coefficient (Wildman–Crippen LogP) is -1.35. The van der Waals surface area contributed by atoms with E-state index >= 15 is 0 Å². The van der Waals surface area contributed by atoms with Crippen molar-refractivity contribution in [3.8, 4) is 0 Å². The zero-order valence-corrected chi connectivity index (χ0v) is 10.2. The minimum absolute atomic E-state index is 0.0220. The molecule has 0 atom stereocenters. The number of hydrogen-bond donors (Lipinski definition) is 3. The quantitative estimate of drug-likeness (QED) is 0.546. The molecule has 0 aliphatic rings.